The molecule has 2 aromatic rings. The number of hydrogen-bond acceptors (Lipinski definition) is 5. The summed E-state index contributed by atoms with van der Waals surface area (Å²) in [6, 6.07) is 1.70. The van der Waals surface area contributed by atoms with E-state index in [0.29, 0.717) is 42.4 Å². The van der Waals surface area contributed by atoms with Gasteiger partial charge in [0, 0.05) is 37.0 Å². The molecular weight excluding hydrogens is 529 g/mol. The summed E-state index contributed by atoms with van der Waals surface area (Å²) in [4.78, 5) is 17.2. The van der Waals surface area contributed by atoms with Crippen molar-refractivity contribution in [3.8, 4) is 11.3 Å². The standard InChI is InChI=1S/C25H34ClF3N4O.O2S/c1-5-18-12-19(11-16(4)25(27,28)29)30-14-20(18)23-21(26)22(32-33(23)6-2)24(34)31-13-17-9-7-15(3)8-10-17;1-3-2/h12,14-17H,5-11,13H2,1-4H3,(H,31,34);/t15?,16-,17?;/m1./s1. The molecule has 0 bridgehead atoms. The van der Waals surface area contributed by atoms with E-state index in [2.05, 4.69) is 22.3 Å². The van der Waals surface area contributed by atoms with Gasteiger partial charge < -0.3 is 5.32 Å². The summed E-state index contributed by atoms with van der Waals surface area (Å²) in [6.45, 7) is 8.33. The van der Waals surface area contributed by atoms with Crippen molar-refractivity contribution in [1.82, 2.24) is 20.1 Å². The van der Waals surface area contributed by atoms with Crippen LogP contribution in [0.25, 0.3) is 11.3 Å². The topological polar surface area (TPSA) is 93.9 Å². The summed E-state index contributed by atoms with van der Waals surface area (Å²) in [7, 11) is 0. The van der Waals surface area contributed by atoms with Crippen LogP contribution in [-0.2, 0) is 31.0 Å². The summed E-state index contributed by atoms with van der Waals surface area (Å²) in [5.74, 6) is -0.579. The Morgan fingerprint density at radius 3 is 2.41 bits per heavy atom. The Bertz CT molecular complexity index is 1100. The quantitative estimate of drug-likeness (QED) is 0.438. The molecule has 0 aliphatic heterocycles. The lowest BCUT2D eigenvalue weighted by Crippen LogP contribution is -2.31. The number of aromatic nitrogens is 3. The maximum atomic E-state index is 13.0. The van der Waals surface area contributed by atoms with Crippen LogP contribution in [0.5, 0.6) is 0 Å². The average Bonchev–Trinajstić information content (AvgIpc) is 3.19. The van der Waals surface area contributed by atoms with Gasteiger partial charge in [-0.05, 0) is 49.7 Å². The zero-order valence-electron chi connectivity index (χ0n) is 21.5. The molecule has 0 radical (unpaired) electrons. The van der Waals surface area contributed by atoms with Crippen LogP contribution in [0.4, 0.5) is 13.2 Å². The molecule has 1 aliphatic rings. The number of pyridine rings is 1. The van der Waals surface area contributed by atoms with E-state index < -0.39 is 23.7 Å². The van der Waals surface area contributed by atoms with E-state index in [1.807, 2.05) is 13.8 Å². The number of rotatable bonds is 8. The summed E-state index contributed by atoms with van der Waals surface area (Å²) >= 11 is 5.92. The summed E-state index contributed by atoms with van der Waals surface area (Å²) in [6.07, 6.45) is 2.25. The highest BCUT2D eigenvalue weighted by Gasteiger charge is 2.36. The van der Waals surface area contributed by atoms with Crippen LogP contribution >= 0.6 is 11.6 Å². The minimum absolute atomic E-state index is 0.166. The SMILES string of the molecule is CCc1cc(C[C@@H](C)C(F)(F)F)ncc1-c1c(Cl)c(C(=O)NCC2CCC(C)CC2)nn1CC.O=S=O. The third-order valence-corrected chi connectivity index (χ3v) is 7.21. The van der Waals surface area contributed by atoms with Gasteiger partial charge in [-0.3, -0.25) is 14.5 Å². The Balaban J connectivity index is 0.00000153. The minimum atomic E-state index is -4.27. The van der Waals surface area contributed by atoms with Gasteiger partial charge in [-0.2, -0.15) is 26.7 Å². The molecule has 0 spiro atoms. The summed E-state index contributed by atoms with van der Waals surface area (Å²) in [5, 5.41) is 7.69. The molecule has 2 aromatic heterocycles. The fraction of sp³-hybridized carbons (Fsp3) is 0.640. The van der Waals surface area contributed by atoms with Gasteiger partial charge in [0.05, 0.1) is 16.6 Å². The zero-order chi connectivity index (χ0) is 27.8. The largest absolute Gasteiger partial charge is 0.391 e. The van der Waals surface area contributed by atoms with Crippen molar-refractivity contribution in [3.63, 3.8) is 0 Å². The normalized spacial score (nSPS) is 18.5. The monoisotopic (exact) mass is 562 g/mol. The Morgan fingerprint density at radius 1 is 1.24 bits per heavy atom. The fourth-order valence-corrected chi connectivity index (χ4v) is 4.84. The van der Waals surface area contributed by atoms with Crippen molar-refractivity contribution in [2.75, 3.05) is 6.54 Å². The lowest BCUT2D eigenvalue weighted by molar-refractivity contribution is -0.169. The fourth-order valence-electron chi connectivity index (χ4n) is 4.52. The van der Waals surface area contributed by atoms with Gasteiger partial charge in [0.2, 0.25) is 0 Å². The van der Waals surface area contributed by atoms with Gasteiger partial charge >= 0.3 is 17.7 Å². The number of carbonyl (C=O) groups is 1. The van der Waals surface area contributed by atoms with Crippen LogP contribution in [0.2, 0.25) is 5.02 Å². The van der Waals surface area contributed by atoms with Gasteiger partial charge in [0.15, 0.2) is 5.69 Å². The number of halogens is 4. The van der Waals surface area contributed by atoms with Crippen LogP contribution in [0.3, 0.4) is 0 Å². The number of nitrogens with one attached hydrogen (secondary N) is 1. The molecule has 2 heterocycles. The highest BCUT2D eigenvalue weighted by molar-refractivity contribution is 7.51. The van der Waals surface area contributed by atoms with E-state index in [1.54, 1.807) is 16.9 Å². The molecule has 0 saturated heterocycles. The molecule has 0 aromatic carbocycles. The number of aryl methyl sites for hydroxylation is 2. The van der Waals surface area contributed by atoms with Crippen LogP contribution in [0.1, 0.15) is 75.1 Å². The van der Waals surface area contributed by atoms with E-state index in [-0.39, 0.29) is 23.0 Å². The third-order valence-electron chi connectivity index (χ3n) is 6.85. The van der Waals surface area contributed by atoms with E-state index in [9.17, 15) is 18.0 Å². The van der Waals surface area contributed by atoms with Crippen molar-refractivity contribution >= 4 is 29.1 Å². The predicted molar refractivity (Wildman–Crippen MR) is 137 cm³/mol. The van der Waals surface area contributed by atoms with Gasteiger partial charge in [-0.25, -0.2) is 0 Å². The lowest BCUT2D eigenvalue weighted by Gasteiger charge is -2.26. The molecule has 1 fully saturated rings. The number of alkyl halides is 3. The molecule has 12 heteroatoms. The Kier molecular flexibility index (Phi) is 11.7. The second-order valence-corrected chi connectivity index (χ2v) is 10.1. The van der Waals surface area contributed by atoms with E-state index in [0.717, 1.165) is 31.2 Å². The molecule has 1 saturated carbocycles. The summed E-state index contributed by atoms with van der Waals surface area (Å²) in [5.41, 5.74) is 2.62. The van der Waals surface area contributed by atoms with Crippen LogP contribution in [0.15, 0.2) is 12.3 Å². The Morgan fingerprint density at radius 2 is 1.86 bits per heavy atom. The van der Waals surface area contributed by atoms with Crippen LogP contribution < -0.4 is 5.32 Å². The molecule has 1 aliphatic carbocycles. The second kappa shape index (κ2) is 14.0. The smallest absolute Gasteiger partial charge is 0.350 e. The molecule has 1 atom stereocenters. The average molecular weight is 563 g/mol. The van der Waals surface area contributed by atoms with Crippen molar-refractivity contribution < 1.29 is 26.4 Å². The van der Waals surface area contributed by atoms with Crippen molar-refractivity contribution in [1.29, 1.82) is 0 Å². The van der Waals surface area contributed by atoms with E-state index in [4.69, 9.17) is 20.0 Å². The van der Waals surface area contributed by atoms with E-state index in [1.165, 1.54) is 12.8 Å². The molecule has 7 nitrogen and oxygen atoms in total. The molecule has 206 valence electrons. The summed E-state index contributed by atoms with van der Waals surface area (Å²) < 4.78 is 57.2. The first-order chi connectivity index (χ1) is 17.5. The molecular formula is C25H34ClF3N4O3S. The first-order valence-corrected chi connectivity index (χ1v) is 13.5. The molecule has 0 unspecified atom stereocenters. The Hall–Kier alpha value is -2.27. The Labute approximate surface area is 224 Å². The lowest BCUT2D eigenvalue weighted by atomic mass is 9.83. The minimum Gasteiger partial charge on any atom is -0.350 e. The van der Waals surface area contributed by atoms with Crippen molar-refractivity contribution in [2.45, 2.75) is 78.9 Å². The van der Waals surface area contributed by atoms with Gasteiger partial charge in [0.1, 0.15) is 0 Å². The van der Waals surface area contributed by atoms with Gasteiger partial charge in [-0.15, -0.1) is 0 Å². The number of carbonyl (C=O) groups excluding carboxylic acids is 1. The molecule has 37 heavy (non-hydrogen) atoms. The number of hydrogen-bond donors (Lipinski definition) is 1. The highest BCUT2D eigenvalue weighted by Crippen LogP contribution is 2.35. The highest BCUT2D eigenvalue weighted by atomic mass is 35.5. The first kappa shape index (κ1) is 31.0. The second-order valence-electron chi connectivity index (χ2n) is 9.56. The predicted octanol–water partition coefficient (Wildman–Crippen LogP) is 5.81. The maximum absolute atomic E-state index is 13.0. The third kappa shape index (κ3) is 8.36. The van der Waals surface area contributed by atoms with Crippen LogP contribution in [0, 0.1) is 17.8 Å². The van der Waals surface area contributed by atoms with E-state index >= 15 is 0 Å². The van der Waals surface area contributed by atoms with Gasteiger partial charge in [0.25, 0.3) is 5.91 Å². The first-order valence-electron chi connectivity index (χ1n) is 12.5. The van der Waals surface area contributed by atoms with Crippen molar-refractivity contribution in [3.05, 3.63) is 34.2 Å². The number of nitrogens with zero attached hydrogens (tertiary/aromatic N) is 3. The number of amides is 1. The zero-order valence-corrected chi connectivity index (χ0v) is 23.1. The van der Waals surface area contributed by atoms with Gasteiger partial charge in [-0.1, -0.05) is 45.2 Å². The van der Waals surface area contributed by atoms with Crippen molar-refractivity contribution in [2.24, 2.45) is 17.8 Å². The molecule has 1 amide bonds. The maximum Gasteiger partial charge on any atom is 0.391 e. The van der Waals surface area contributed by atoms with Crippen LogP contribution in [-0.4, -0.2) is 41.8 Å². The molecule has 3 rings (SSSR count). The molecule has 1 N–H and O–H groups in total.